The van der Waals surface area contributed by atoms with Crippen molar-refractivity contribution in [2.24, 2.45) is 17.5 Å². The van der Waals surface area contributed by atoms with E-state index in [2.05, 4.69) is 11.8 Å². The average molecular weight is 543 g/mol. The number of carboxylic acid groups (broad SMARTS) is 1. The second-order valence-corrected chi connectivity index (χ2v) is 9.81. The van der Waals surface area contributed by atoms with Crippen LogP contribution in [0, 0.1) is 17.8 Å². The molecule has 0 bridgehead atoms. The fourth-order valence-corrected chi connectivity index (χ4v) is 4.20. The molecule has 2 fully saturated rings. The molecule has 1 aliphatic carbocycles. The van der Waals surface area contributed by atoms with E-state index in [1.54, 1.807) is 36.3 Å². The van der Waals surface area contributed by atoms with Crippen molar-refractivity contribution in [1.29, 1.82) is 0 Å². The molecule has 39 heavy (non-hydrogen) atoms. The molecule has 0 unspecified atom stereocenters. The molecule has 11 heteroatoms. The maximum Gasteiger partial charge on any atom is 0.300 e. The summed E-state index contributed by atoms with van der Waals surface area (Å²) in [5.41, 5.74) is 9.75. The summed E-state index contributed by atoms with van der Waals surface area (Å²) in [6.45, 7) is 3.40. The lowest BCUT2D eigenvalue weighted by molar-refractivity contribution is -0.134. The molecule has 2 aromatic rings. The van der Waals surface area contributed by atoms with E-state index in [1.165, 1.54) is 15.6 Å². The molecular weight excluding hydrogens is 506 g/mol. The zero-order chi connectivity index (χ0) is 28.7. The molecule has 1 aliphatic heterocycles. The molecule has 0 atom stereocenters. The van der Waals surface area contributed by atoms with E-state index in [0.29, 0.717) is 53.8 Å². The largest absolute Gasteiger partial charge is 0.481 e. The summed E-state index contributed by atoms with van der Waals surface area (Å²) in [4.78, 5) is 27.9. The van der Waals surface area contributed by atoms with Gasteiger partial charge in [0.15, 0.2) is 0 Å². The van der Waals surface area contributed by atoms with Gasteiger partial charge >= 0.3 is 0 Å². The molecule has 0 spiro atoms. The third kappa shape index (κ3) is 8.55. The number of allylic oxidation sites excluding steroid dienone is 1. The van der Waals surface area contributed by atoms with Crippen molar-refractivity contribution in [3.63, 3.8) is 0 Å². The maximum absolute atomic E-state index is 14.0. The first-order chi connectivity index (χ1) is 18.4. The number of aryl methyl sites for hydroxylation is 1. The molecule has 2 aromatic heterocycles. The molecule has 0 amide bonds. The van der Waals surface area contributed by atoms with Crippen molar-refractivity contribution in [3.8, 4) is 11.8 Å². The number of hydrazine groups is 1. The van der Waals surface area contributed by atoms with Gasteiger partial charge < -0.3 is 25.3 Å². The van der Waals surface area contributed by atoms with Gasteiger partial charge in [-0.3, -0.25) is 9.59 Å². The highest BCUT2D eigenvalue weighted by molar-refractivity contribution is 5.65. The van der Waals surface area contributed by atoms with E-state index in [1.807, 2.05) is 6.92 Å². The molecular formula is C28H36F2N6O3. The van der Waals surface area contributed by atoms with Crippen molar-refractivity contribution < 1.29 is 18.7 Å². The summed E-state index contributed by atoms with van der Waals surface area (Å²) in [5.74, 6) is 9.33. The van der Waals surface area contributed by atoms with Gasteiger partial charge in [0.2, 0.25) is 0 Å². The van der Waals surface area contributed by atoms with Crippen LogP contribution >= 0.6 is 0 Å². The number of carbonyl (C=O) groups is 1. The predicted molar refractivity (Wildman–Crippen MR) is 147 cm³/mol. The SMILES string of the molecule is CC(=O)O.CCc1nc(/C(N)=C(\Cn2cc(C#CC3CC3)ccc2=O)N(C)N)ccc1N1CCCC(F)(F)C1. The predicted octanol–water partition coefficient (Wildman–Crippen LogP) is 3.03. The minimum absolute atomic E-state index is 0.0922. The van der Waals surface area contributed by atoms with Gasteiger partial charge in [-0.25, -0.2) is 19.6 Å². The van der Waals surface area contributed by atoms with Crippen molar-refractivity contribution in [3.05, 3.63) is 63.5 Å². The van der Waals surface area contributed by atoms with Crippen LogP contribution in [0.4, 0.5) is 14.5 Å². The number of aliphatic carboxylic acids is 1. The van der Waals surface area contributed by atoms with Crippen molar-refractivity contribution in [2.75, 3.05) is 25.0 Å². The topological polar surface area (TPSA) is 131 Å². The van der Waals surface area contributed by atoms with Gasteiger partial charge in [0.1, 0.15) is 0 Å². The van der Waals surface area contributed by atoms with Gasteiger partial charge in [-0.1, -0.05) is 18.8 Å². The molecule has 4 rings (SSSR count). The van der Waals surface area contributed by atoms with Crippen LogP contribution in [-0.2, 0) is 17.8 Å². The monoisotopic (exact) mass is 542 g/mol. The first kappa shape index (κ1) is 29.6. The number of pyridine rings is 2. The lowest BCUT2D eigenvalue weighted by atomic mass is 10.1. The van der Waals surface area contributed by atoms with E-state index in [4.69, 9.17) is 26.5 Å². The summed E-state index contributed by atoms with van der Waals surface area (Å²) in [7, 11) is 1.65. The molecule has 0 aromatic carbocycles. The van der Waals surface area contributed by atoms with Crippen LogP contribution in [0.1, 0.15) is 56.5 Å². The number of hydrogen-bond donors (Lipinski definition) is 3. The standard InChI is InChI=1S/C26H32F2N6O.C2H4O2/c1-3-20-22(33-14-4-13-26(27,28)17-33)11-10-21(31-20)25(29)23(32(2)30)16-34-15-19(9-12-24(34)35)8-7-18-5-6-18;1-2(3)4/h9-12,15,18H,3-6,13-14,16-17,29-30H2,1-2H3;1H3,(H,3,4)/b25-23-;. The number of nitrogens with two attached hydrogens (primary N) is 2. The Hall–Kier alpha value is -3.91. The summed E-state index contributed by atoms with van der Waals surface area (Å²) in [5, 5.41) is 8.79. The Morgan fingerprint density at radius 3 is 2.56 bits per heavy atom. The molecule has 9 nitrogen and oxygen atoms in total. The van der Waals surface area contributed by atoms with Gasteiger partial charge in [0.05, 0.1) is 41.6 Å². The highest BCUT2D eigenvalue weighted by Crippen LogP contribution is 2.32. The zero-order valence-electron chi connectivity index (χ0n) is 22.6. The van der Waals surface area contributed by atoms with Crippen molar-refractivity contribution in [1.82, 2.24) is 14.6 Å². The minimum atomic E-state index is -2.71. The normalized spacial score (nSPS) is 16.7. The Morgan fingerprint density at radius 1 is 1.28 bits per heavy atom. The van der Waals surface area contributed by atoms with Crippen LogP contribution in [0.25, 0.3) is 5.70 Å². The number of anilines is 1. The number of rotatable bonds is 6. The Labute approximate surface area is 227 Å². The molecule has 210 valence electrons. The van der Waals surface area contributed by atoms with Crippen LogP contribution in [0.15, 0.2) is 41.0 Å². The number of piperidine rings is 1. The third-order valence-corrected chi connectivity index (χ3v) is 6.33. The Bertz CT molecular complexity index is 1330. The first-order valence-corrected chi connectivity index (χ1v) is 12.9. The number of alkyl halides is 2. The summed E-state index contributed by atoms with van der Waals surface area (Å²) < 4.78 is 29.5. The van der Waals surface area contributed by atoms with Crippen LogP contribution in [0.5, 0.6) is 0 Å². The van der Waals surface area contributed by atoms with E-state index in [0.717, 1.165) is 25.3 Å². The molecule has 1 saturated heterocycles. The molecule has 0 radical (unpaired) electrons. The smallest absolute Gasteiger partial charge is 0.300 e. The van der Waals surface area contributed by atoms with Crippen molar-refractivity contribution in [2.45, 2.75) is 58.4 Å². The van der Waals surface area contributed by atoms with E-state index >= 15 is 0 Å². The third-order valence-electron chi connectivity index (χ3n) is 6.33. The highest BCUT2D eigenvalue weighted by atomic mass is 19.3. The number of carboxylic acids is 1. The van der Waals surface area contributed by atoms with Crippen LogP contribution in [0.2, 0.25) is 0 Å². The number of likely N-dealkylation sites (N-methyl/N-ethyl adjacent to an activating group) is 1. The summed E-state index contributed by atoms with van der Waals surface area (Å²) in [6.07, 6.45) is 4.86. The van der Waals surface area contributed by atoms with E-state index < -0.39 is 11.9 Å². The molecule has 5 N–H and O–H groups in total. The molecule has 3 heterocycles. The molecule has 1 saturated carbocycles. The summed E-state index contributed by atoms with van der Waals surface area (Å²) >= 11 is 0. The van der Waals surface area contributed by atoms with Gasteiger partial charge in [0, 0.05) is 50.7 Å². The van der Waals surface area contributed by atoms with Gasteiger partial charge in [-0.05, 0) is 43.9 Å². The zero-order valence-corrected chi connectivity index (χ0v) is 22.6. The van der Waals surface area contributed by atoms with Crippen LogP contribution in [-0.4, -0.2) is 51.7 Å². The summed E-state index contributed by atoms with van der Waals surface area (Å²) in [6, 6.07) is 6.72. The second-order valence-electron chi connectivity index (χ2n) is 9.81. The lowest BCUT2D eigenvalue weighted by Gasteiger charge is -2.35. The van der Waals surface area contributed by atoms with E-state index in [-0.39, 0.29) is 25.1 Å². The minimum Gasteiger partial charge on any atom is -0.481 e. The number of nitrogens with zero attached hydrogens (tertiary/aromatic N) is 4. The van der Waals surface area contributed by atoms with Gasteiger partial charge in [-0.2, -0.15) is 0 Å². The fourth-order valence-electron chi connectivity index (χ4n) is 4.20. The van der Waals surface area contributed by atoms with Crippen LogP contribution in [0.3, 0.4) is 0 Å². The lowest BCUT2D eigenvalue weighted by Crippen LogP contribution is -2.43. The number of hydrogen-bond acceptors (Lipinski definition) is 7. The average Bonchev–Trinajstić information content (AvgIpc) is 3.70. The Morgan fingerprint density at radius 2 is 1.97 bits per heavy atom. The maximum atomic E-state index is 14.0. The quantitative estimate of drug-likeness (QED) is 0.289. The van der Waals surface area contributed by atoms with E-state index in [9.17, 15) is 13.6 Å². The van der Waals surface area contributed by atoms with Gasteiger partial charge in [-0.15, -0.1) is 0 Å². The highest BCUT2D eigenvalue weighted by Gasteiger charge is 2.36. The van der Waals surface area contributed by atoms with Crippen LogP contribution < -0.4 is 22.0 Å². The first-order valence-electron chi connectivity index (χ1n) is 12.9. The fraction of sp³-hybridized carbons (Fsp3) is 0.464. The number of aromatic nitrogens is 2. The molecule has 2 aliphatic rings. The second kappa shape index (κ2) is 12.8. The Balaban J connectivity index is 0.000000983. The van der Waals surface area contributed by atoms with Crippen molar-refractivity contribution >= 4 is 17.4 Å². The number of halogens is 2. The Kier molecular flexibility index (Phi) is 9.70. The van der Waals surface area contributed by atoms with Gasteiger partial charge in [0.25, 0.3) is 17.5 Å².